The Hall–Kier alpha value is -2.36. The summed E-state index contributed by atoms with van der Waals surface area (Å²) in [6, 6.07) is 12.1. The van der Waals surface area contributed by atoms with Crippen LogP contribution in [-0.2, 0) is 11.2 Å². The van der Waals surface area contributed by atoms with E-state index in [-0.39, 0.29) is 6.42 Å². The number of rotatable bonds is 3. The van der Waals surface area contributed by atoms with Gasteiger partial charge in [-0.3, -0.25) is 0 Å². The number of nitrogens with zero attached hydrogens (tertiary/aromatic N) is 1. The molecule has 3 rings (SSSR count). The zero-order valence-corrected chi connectivity index (χ0v) is 9.64. The Bertz CT molecular complexity index is 678. The highest BCUT2D eigenvalue weighted by Crippen LogP contribution is 2.21. The number of carboxylic acid groups (broad SMARTS) is 1. The molecule has 1 heterocycles. The number of aliphatic carboxylic acids is 1. The first-order valence-electron chi connectivity index (χ1n) is 5.79. The summed E-state index contributed by atoms with van der Waals surface area (Å²) in [6.45, 7) is 0. The van der Waals surface area contributed by atoms with E-state index in [1.54, 1.807) is 0 Å². The number of aromatic nitrogens is 2. The Kier molecular flexibility index (Phi) is 2.48. The van der Waals surface area contributed by atoms with Gasteiger partial charge in [-0.1, -0.05) is 24.3 Å². The van der Waals surface area contributed by atoms with Crippen LogP contribution in [0.5, 0.6) is 0 Å². The Morgan fingerprint density at radius 2 is 1.94 bits per heavy atom. The van der Waals surface area contributed by atoms with Gasteiger partial charge in [-0.15, -0.1) is 0 Å². The zero-order chi connectivity index (χ0) is 12.5. The normalized spacial score (nSPS) is 11.1. The maximum absolute atomic E-state index is 10.4. The molecule has 0 saturated heterocycles. The van der Waals surface area contributed by atoms with Crippen LogP contribution < -0.4 is 5.11 Å². The van der Waals surface area contributed by atoms with Crippen molar-refractivity contribution < 1.29 is 9.90 Å². The van der Waals surface area contributed by atoms with Gasteiger partial charge in [-0.25, -0.2) is 4.98 Å². The van der Waals surface area contributed by atoms with E-state index in [2.05, 4.69) is 9.97 Å². The lowest BCUT2D eigenvalue weighted by Gasteiger charge is -1.97. The Morgan fingerprint density at radius 1 is 1.22 bits per heavy atom. The van der Waals surface area contributed by atoms with Crippen molar-refractivity contribution in [3.63, 3.8) is 0 Å². The smallest absolute Gasteiger partial charge is 0.107 e. The molecule has 1 N–H and O–H groups in total. The molecule has 0 saturated carbocycles. The fraction of sp³-hybridized carbons (Fsp3) is 0.143. The molecule has 4 heteroatoms. The van der Waals surface area contributed by atoms with Crippen molar-refractivity contribution in [3.05, 3.63) is 42.2 Å². The standard InChI is InChI=1S/C14H12N2O2/c17-14(18)6-5-13-15-11-7-9-3-1-2-4-10(9)8-12(11)16-13/h1-4,7-8H,5-6H2,(H,15,16)(H,17,18)/p-1. The SMILES string of the molecule is O=C([O-])CCc1nc2cc3ccccc3cc2[nH]1. The summed E-state index contributed by atoms with van der Waals surface area (Å²) >= 11 is 0. The first kappa shape index (κ1) is 10.8. The molecule has 0 amide bonds. The van der Waals surface area contributed by atoms with Crippen molar-refractivity contribution in [2.45, 2.75) is 12.8 Å². The molecule has 0 atom stereocenters. The van der Waals surface area contributed by atoms with Crippen LogP contribution in [0.25, 0.3) is 21.8 Å². The summed E-state index contributed by atoms with van der Waals surface area (Å²) in [7, 11) is 0. The fourth-order valence-electron chi connectivity index (χ4n) is 2.09. The van der Waals surface area contributed by atoms with Crippen molar-refractivity contribution in [2.24, 2.45) is 0 Å². The number of fused-ring (bicyclic) bond motifs is 2. The van der Waals surface area contributed by atoms with Crippen molar-refractivity contribution in [2.75, 3.05) is 0 Å². The summed E-state index contributed by atoms with van der Waals surface area (Å²) in [4.78, 5) is 18.0. The highest BCUT2D eigenvalue weighted by Gasteiger charge is 2.04. The lowest BCUT2D eigenvalue weighted by molar-refractivity contribution is -0.305. The molecule has 0 aliphatic carbocycles. The van der Waals surface area contributed by atoms with Crippen molar-refractivity contribution >= 4 is 27.8 Å². The lowest BCUT2D eigenvalue weighted by atomic mass is 10.1. The first-order valence-corrected chi connectivity index (χ1v) is 5.79. The van der Waals surface area contributed by atoms with Crippen LogP contribution in [0.3, 0.4) is 0 Å². The molecule has 0 unspecified atom stereocenters. The number of aryl methyl sites for hydroxylation is 1. The Balaban J connectivity index is 2.05. The Labute approximate surface area is 103 Å². The van der Waals surface area contributed by atoms with Gasteiger partial charge in [0.05, 0.1) is 11.0 Å². The number of H-pyrrole nitrogens is 1. The molecule has 0 bridgehead atoms. The zero-order valence-electron chi connectivity index (χ0n) is 9.64. The second-order valence-corrected chi connectivity index (χ2v) is 4.27. The maximum atomic E-state index is 10.4. The largest absolute Gasteiger partial charge is 0.550 e. The van der Waals surface area contributed by atoms with Gasteiger partial charge in [0.2, 0.25) is 0 Å². The quantitative estimate of drug-likeness (QED) is 0.751. The third-order valence-corrected chi connectivity index (χ3v) is 2.96. The van der Waals surface area contributed by atoms with Gasteiger partial charge in [0.1, 0.15) is 5.82 Å². The van der Waals surface area contributed by atoms with Gasteiger partial charge in [0.25, 0.3) is 0 Å². The predicted octanol–water partition coefficient (Wildman–Crippen LogP) is 1.40. The summed E-state index contributed by atoms with van der Waals surface area (Å²) in [5.41, 5.74) is 1.80. The molecule has 1 aromatic heterocycles. The van der Waals surface area contributed by atoms with E-state index in [1.165, 1.54) is 0 Å². The molecule has 90 valence electrons. The number of carboxylic acids is 1. The van der Waals surface area contributed by atoms with Crippen molar-refractivity contribution in [1.82, 2.24) is 9.97 Å². The molecule has 3 aromatic rings. The number of imidazole rings is 1. The molecule has 18 heavy (non-hydrogen) atoms. The number of hydrogen-bond acceptors (Lipinski definition) is 3. The van der Waals surface area contributed by atoms with Crippen LogP contribution in [0, 0.1) is 0 Å². The summed E-state index contributed by atoms with van der Waals surface area (Å²) in [6.07, 6.45) is 0.354. The monoisotopic (exact) mass is 239 g/mol. The van der Waals surface area contributed by atoms with Crippen LogP contribution in [0.2, 0.25) is 0 Å². The third-order valence-electron chi connectivity index (χ3n) is 2.96. The topological polar surface area (TPSA) is 68.8 Å². The van der Waals surface area contributed by atoms with E-state index in [9.17, 15) is 9.90 Å². The molecule has 0 aliphatic rings. The number of nitrogens with one attached hydrogen (secondary N) is 1. The summed E-state index contributed by atoms with van der Waals surface area (Å²) in [5.74, 6) is -0.370. The minimum atomic E-state index is -1.05. The number of benzene rings is 2. The highest BCUT2D eigenvalue weighted by atomic mass is 16.4. The second-order valence-electron chi connectivity index (χ2n) is 4.27. The third kappa shape index (κ3) is 1.93. The molecule has 0 aliphatic heterocycles. The van der Waals surface area contributed by atoms with Crippen LogP contribution in [0.1, 0.15) is 12.2 Å². The van der Waals surface area contributed by atoms with Crippen molar-refractivity contribution in [3.8, 4) is 0 Å². The molecule has 4 nitrogen and oxygen atoms in total. The predicted molar refractivity (Wildman–Crippen MR) is 66.9 cm³/mol. The van der Waals surface area contributed by atoms with Gasteiger partial charge >= 0.3 is 0 Å². The minimum Gasteiger partial charge on any atom is -0.550 e. The van der Waals surface area contributed by atoms with Crippen LogP contribution in [0.15, 0.2) is 36.4 Å². The highest BCUT2D eigenvalue weighted by molar-refractivity contribution is 5.95. The van der Waals surface area contributed by atoms with Gasteiger partial charge in [-0.05, 0) is 29.3 Å². The van der Waals surface area contributed by atoms with Crippen LogP contribution in [-0.4, -0.2) is 15.9 Å². The average Bonchev–Trinajstić information content (AvgIpc) is 2.75. The summed E-state index contributed by atoms with van der Waals surface area (Å²) in [5, 5.41) is 12.7. The van der Waals surface area contributed by atoms with E-state index in [0.717, 1.165) is 21.8 Å². The van der Waals surface area contributed by atoms with Crippen molar-refractivity contribution in [1.29, 1.82) is 0 Å². The average molecular weight is 239 g/mol. The lowest BCUT2D eigenvalue weighted by Crippen LogP contribution is -2.22. The molecule has 2 aromatic carbocycles. The second kappa shape index (κ2) is 4.14. The summed E-state index contributed by atoms with van der Waals surface area (Å²) < 4.78 is 0. The van der Waals surface area contributed by atoms with E-state index in [4.69, 9.17) is 0 Å². The Morgan fingerprint density at radius 3 is 2.67 bits per heavy atom. The number of aromatic amines is 1. The first-order chi connectivity index (χ1) is 8.72. The van der Waals surface area contributed by atoms with E-state index >= 15 is 0 Å². The van der Waals surface area contributed by atoms with E-state index in [1.807, 2.05) is 36.4 Å². The molecule has 0 radical (unpaired) electrons. The van der Waals surface area contributed by atoms with Gasteiger partial charge in [0.15, 0.2) is 0 Å². The van der Waals surface area contributed by atoms with E-state index in [0.29, 0.717) is 12.2 Å². The van der Waals surface area contributed by atoms with Gasteiger partial charge in [0, 0.05) is 12.4 Å². The minimum absolute atomic E-state index is 0.0145. The van der Waals surface area contributed by atoms with Crippen LogP contribution in [0.4, 0.5) is 0 Å². The number of carbonyl (C=O) groups excluding carboxylic acids is 1. The molecule has 0 fully saturated rings. The fourth-order valence-corrected chi connectivity index (χ4v) is 2.09. The van der Waals surface area contributed by atoms with Gasteiger partial charge < -0.3 is 14.9 Å². The molecular formula is C14H11N2O2-. The maximum Gasteiger partial charge on any atom is 0.107 e. The van der Waals surface area contributed by atoms with Gasteiger partial charge in [-0.2, -0.15) is 0 Å². The molecular weight excluding hydrogens is 228 g/mol. The van der Waals surface area contributed by atoms with Crippen LogP contribution >= 0.6 is 0 Å². The number of carbonyl (C=O) groups is 1. The number of hydrogen-bond donors (Lipinski definition) is 1. The van der Waals surface area contributed by atoms with E-state index < -0.39 is 5.97 Å². The molecule has 0 spiro atoms.